The van der Waals surface area contributed by atoms with Crippen LogP contribution in [0.4, 0.5) is 0 Å². The summed E-state index contributed by atoms with van der Waals surface area (Å²) in [7, 11) is 1.85. The maximum atomic E-state index is 10.4. The van der Waals surface area contributed by atoms with E-state index in [-0.39, 0.29) is 24.0 Å². The molecule has 152 valence electrons. The SMILES string of the molecule is CCN(CC)C1CCN(C(=NC)NCc2c(O)ccc3c2CCCC3)C1.I. The number of aliphatic imine (C=N–C) groups is 1. The normalized spacial score (nSPS) is 19.8. The van der Waals surface area contributed by atoms with E-state index in [4.69, 9.17) is 0 Å². The number of guanidine groups is 1. The van der Waals surface area contributed by atoms with Gasteiger partial charge in [-0.15, -0.1) is 24.0 Å². The van der Waals surface area contributed by atoms with Gasteiger partial charge < -0.3 is 15.3 Å². The first-order valence-electron chi connectivity index (χ1n) is 10.2. The Morgan fingerprint density at radius 3 is 2.70 bits per heavy atom. The number of phenolic OH excluding ortho intramolecular Hbond substituents is 1. The first kappa shape index (κ1) is 22.3. The van der Waals surface area contributed by atoms with Crippen molar-refractivity contribution in [1.29, 1.82) is 0 Å². The zero-order chi connectivity index (χ0) is 18.5. The molecule has 6 heteroatoms. The third kappa shape index (κ3) is 5.08. The van der Waals surface area contributed by atoms with E-state index >= 15 is 0 Å². The van der Waals surface area contributed by atoms with E-state index < -0.39 is 0 Å². The Bertz CT molecular complexity index is 645. The largest absolute Gasteiger partial charge is 0.508 e. The lowest BCUT2D eigenvalue weighted by atomic mass is 9.88. The molecule has 2 N–H and O–H groups in total. The van der Waals surface area contributed by atoms with Gasteiger partial charge in [0.15, 0.2) is 5.96 Å². The highest BCUT2D eigenvalue weighted by atomic mass is 127. The smallest absolute Gasteiger partial charge is 0.193 e. The molecule has 27 heavy (non-hydrogen) atoms. The van der Waals surface area contributed by atoms with Gasteiger partial charge >= 0.3 is 0 Å². The van der Waals surface area contributed by atoms with Crippen molar-refractivity contribution in [2.45, 2.75) is 58.5 Å². The van der Waals surface area contributed by atoms with Crippen molar-refractivity contribution < 1.29 is 5.11 Å². The van der Waals surface area contributed by atoms with Crippen LogP contribution in [-0.4, -0.2) is 60.1 Å². The molecule has 0 saturated carbocycles. The molecular formula is C21H35IN4O. The van der Waals surface area contributed by atoms with Crippen LogP contribution in [0.25, 0.3) is 0 Å². The molecule has 0 spiro atoms. The third-order valence-electron chi connectivity index (χ3n) is 6.05. The highest BCUT2D eigenvalue weighted by molar-refractivity contribution is 14.0. The van der Waals surface area contributed by atoms with Gasteiger partial charge in [0.25, 0.3) is 0 Å². The number of nitrogens with one attached hydrogen (secondary N) is 1. The van der Waals surface area contributed by atoms with Gasteiger partial charge in [-0.3, -0.25) is 9.89 Å². The maximum Gasteiger partial charge on any atom is 0.193 e. The molecule has 1 aliphatic carbocycles. The van der Waals surface area contributed by atoms with Crippen LogP contribution >= 0.6 is 24.0 Å². The van der Waals surface area contributed by atoms with E-state index in [1.165, 1.54) is 30.4 Å². The highest BCUT2D eigenvalue weighted by Gasteiger charge is 2.28. The predicted octanol–water partition coefficient (Wildman–Crippen LogP) is 3.38. The number of hydrogen-bond acceptors (Lipinski definition) is 3. The standard InChI is InChI=1S/C21H34N4O.HI/c1-4-24(5-2)17-12-13-25(15-17)21(22-3)23-14-19-18-9-7-6-8-16(18)10-11-20(19)26;/h10-11,17,26H,4-9,12-15H2,1-3H3,(H,22,23);1H. The van der Waals surface area contributed by atoms with Gasteiger partial charge in [-0.25, -0.2) is 0 Å². The lowest BCUT2D eigenvalue weighted by Gasteiger charge is -2.27. The molecular weight excluding hydrogens is 451 g/mol. The van der Waals surface area contributed by atoms with Crippen LogP contribution in [0.3, 0.4) is 0 Å². The molecule has 1 heterocycles. The van der Waals surface area contributed by atoms with E-state index in [9.17, 15) is 5.11 Å². The molecule has 3 rings (SSSR count). The fourth-order valence-corrected chi connectivity index (χ4v) is 4.56. The summed E-state index contributed by atoms with van der Waals surface area (Å²) in [5, 5.41) is 13.9. The van der Waals surface area contributed by atoms with Gasteiger partial charge in [-0.2, -0.15) is 0 Å². The van der Waals surface area contributed by atoms with Crippen molar-refractivity contribution in [3.63, 3.8) is 0 Å². The average molecular weight is 486 g/mol. The lowest BCUT2D eigenvalue weighted by molar-refractivity contribution is 0.223. The number of aryl methyl sites for hydroxylation is 1. The number of hydrogen-bond donors (Lipinski definition) is 2. The van der Waals surface area contributed by atoms with E-state index in [1.807, 2.05) is 13.1 Å². The van der Waals surface area contributed by atoms with Crippen molar-refractivity contribution in [2.75, 3.05) is 33.2 Å². The van der Waals surface area contributed by atoms with Crippen molar-refractivity contribution in [2.24, 2.45) is 4.99 Å². The summed E-state index contributed by atoms with van der Waals surface area (Å²) in [5.74, 6) is 1.36. The van der Waals surface area contributed by atoms with Crippen molar-refractivity contribution in [1.82, 2.24) is 15.1 Å². The Morgan fingerprint density at radius 1 is 1.26 bits per heavy atom. The number of nitrogens with zero attached hydrogens (tertiary/aromatic N) is 3. The number of likely N-dealkylation sites (N-methyl/N-ethyl adjacent to an activating group) is 1. The molecule has 1 atom stereocenters. The van der Waals surface area contributed by atoms with Crippen molar-refractivity contribution in [3.05, 3.63) is 28.8 Å². The van der Waals surface area contributed by atoms with Crippen LogP contribution in [0, 0.1) is 0 Å². The Morgan fingerprint density at radius 2 is 2.00 bits per heavy atom. The Balaban J connectivity index is 0.00000261. The van der Waals surface area contributed by atoms with Crippen LogP contribution in [0.5, 0.6) is 5.75 Å². The van der Waals surface area contributed by atoms with Crippen LogP contribution in [0.2, 0.25) is 0 Å². The molecule has 0 amide bonds. The summed E-state index contributed by atoms with van der Waals surface area (Å²) >= 11 is 0. The Labute approximate surface area is 181 Å². The minimum absolute atomic E-state index is 0. The van der Waals surface area contributed by atoms with E-state index in [2.05, 4.69) is 40.0 Å². The third-order valence-corrected chi connectivity index (χ3v) is 6.05. The number of likely N-dealkylation sites (tertiary alicyclic amines) is 1. The summed E-state index contributed by atoms with van der Waals surface area (Å²) in [4.78, 5) is 9.39. The Kier molecular flexibility index (Phi) is 8.66. The van der Waals surface area contributed by atoms with Crippen LogP contribution in [0.15, 0.2) is 17.1 Å². The average Bonchev–Trinajstić information content (AvgIpc) is 3.14. The van der Waals surface area contributed by atoms with Gasteiger partial charge in [0.05, 0.1) is 0 Å². The zero-order valence-corrected chi connectivity index (χ0v) is 19.3. The number of halogens is 1. The monoisotopic (exact) mass is 486 g/mol. The van der Waals surface area contributed by atoms with Crippen LogP contribution in [0.1, 0.15) is 49.8 Å². The van der Waals surface area contributed by atoms with Gasteiger partial charge in [-0.1, -0.05) is 19.9 Å². The van der Waals surface area contributed by atoms with Gasteiger partial charge in [-0.05, 0) is 62.4 Å². The topological polar surface area (TPSA) is 51.1 Å². The van der Waals surface area contributed by atoms with Gasteiger partial charge in [0.2, 0.25) is 0 Å². The second-order valence-corrected chi connectivity index (χ2v) is 7.42. The summed E-state index contributed by atoms with van der Waals surface area (Å²) in [6.07, 6.45) is 5.87. The first-order valence-corrected chi connectivity index (χ1v) is 10.2. The fourth-order valence-electron chi connectivity index (χ4n) is 4.56. The summed E-state index contributed by atoms with van der Waals surface area (Å²) < 4.78 is 0. The highest BCUT2D eigenvalue weighted by Crippen LogP contribution is 2.30. The zero-order valence-electron chi connectivity index (χ0n) is 17.0. The van der Waals surface area contributed by atoms with Crippen LogP contribution < -0.4 is 5.32 Å². The number of phenols is 1. The molecule has 1 aliphatic heterocycles. The number of aromatic hydroxyl groups is 1. The van der Waals surface area contributed by atoms with Gasteiger partial charge in [0.1, 0.15) is 5.75 Å². The molecule has 1 aromatic carbocycles. The molecule has 1 unspecified atom stereocenters. The maximum absolute atomic E-state index is 10.4. The van der Waals surface area contributed by atoms with Crippen molar-refractivity contribution in [3.8, 4) is 5.75 Å². The first-order chi connectivity index (χ1) is 12.7. The summed E-state index contributed by atoms with van der Waals surface area (Å²) in [5.41, 5.74) is 3.81. The minimum atomic E-state index is 0. The molecule has 1 fully saturated rings. The number of fused-ring (bicyclic) bond motifs is 1. The molecule has 0 radical (unpaired) electrons. The van der Waals surface area contributed by atoms with E-state index in [1.54, 1.807) is 0 Å². The molecule has 0 aromatic heterocycles. The molecule has 5 nitrogen and oxygen atoms in total. The second kappa shape index (κ2) is 10.5. The molecule has 2 aliphatic rings. The number of rotatable bonds is 5. The molecule has 1 saturated heterocycles. The second-order valence-electron chi connectivity index (χ2n) is 7.42. The van der Waals surface area contributed by atoms with Crippen LogP contribution in [-0.2, 0) is 19.4 Å². The lowest BCUT2D eigenvalue weighted by Crippen LogP contribution is -2.43. The number of benzene rings is 1. The Hall–Kier alpha value is -1.02. The quantitative estimate of drug-likeness (QED) is 0.381. The fraction of sp³-hybridized carbons (Fsp3) is 0.667. The summed E-state index contributed by atoms with van der Waals surface area (Å²) in [6, 6.07) is 4.56. The summed E-state index contributed by atoms with van der Waals surface area (Å²) in [6.45, 7) is 9.39. The molecule has 0 bridgehead atoms. The van der Waals surface area contributed by atoms with Crippen molar-refractivity contribution >= 4 is 29.9 Å². The molecule has 1 aromatic rings. The predicted molar refractivity (Wildman–Crippen MR) is 123 cm³/mol. The minimum Gasteiger partial charge on any atom is -0.508 e. The van der Waals surface area contributed by atoms with E-state index in [0.717, 1.165) is 50.5 Å². The van der Waals surface area contributed by atoms with Gasteiger partial charge in [0, 0.05) is 38.3 Å². The van der Waals surface area contributed by atoms with E-state index in [0.29, 0.717) is 18.3 Å².